The zero-order chi connectivity index (χ0) is 23.3. The van der Waals surface area contributed by atoms with Crippen molar-refractivity contribution in [3.8, 4) is 0 Å². The minimum absolute atomic E-state index is 0.214. The van der Waals surface area contributed by atoms with Crippen LogP contribution in [0.5, 0.6) is 0 Å². The van der Waals surface area contributed by atoms with Crippen LogP contribution < -0.4 is 0 Å². The number of carbonyl (C=O) groups excluding carboxylic acids is 2. The second-order valence-electron chi connectivity index (χ2n) is 7.85. The minimum Gasteiger partial charge on any atom is -0.468 e. The van der Waals surface area contributed by atoms with Crippen LogP contribution in [0.25, 0.3) is 5.57 Å². The predicted molar refractivity (Wildman–Crippen MR) is 128 cm³/mol. The highest BCUT2D eigenvalue weighted by molar-refractivity contribution is 6.05. The van der Waals surface area contributed by atoms with Crippen LogP contribution in [0.2, 0.25) is 0 Å². The third-order valence-corrected chi connectivity index (χ3v) is 5.98. The molecular weight excluding hydrogens is 412 g/mol. The Morgan fingerprint density at radius 3 is 1.82 bits per heavy atom. The molecule has 0 aliphatic heterocycles. The van der Waals surface area contributed by atoms with Crippen molar-refractivity contribution in [1.82, 2.24) is 0 Å². The summed E-state index contributed by atoms with van der Waals surface area (Å²) in [5, 5.41) is 0. The monoisotopic (exact) mass is 438 g/mol. The molecule has 0 N–H and O–H groups in total. The number of rotatable bonds is 6. The zero-order valence-corrected chi connectivity index (χ0v) is 18.8. The smallest absolute Gasteiger partial charge is 0.335 e. The van der Waals surface area contributed by atoms with Gasteiger partial charge in [-0.1, -0.05) is 91.0 Å². The highest BCUT2D eigenvalue weighted by Gasteiger charge is 2.52. The van der Waals surface area contributed by atoms with Gasteiger partial charge in [-0.3, -0.25) is 4.79 Å². The molecule has 4 heteroatoms. The molecule has 1 aliphatic rings. The van der Waals surface area contributed by atoms with Gasteiger partial charge in [0, 0.05) is 0 Å². The molecule has 166 valence electrons. The molecule has 0 saturated heterocycles. The maximum absolute atomic E-state index is 13.4. The molecule has 0 amide bonds. The average Bonchev–Trinajstić information content (AvgIpc) is 3.27. The van der Waals surface area contributed by atoms with E-state index in [1.165, 1.54) is 7.11 Å². The number of hydrogen-bond acceptors (Lipinski definition) is 4. The number of esters is 2. The Bertz CT molecular complexity index is 1150. The molecule has 3 aromatic rings. The summed E-state index contributed by atoms with van der Waals surface area (Å²) in [4.78, 5) is 26.6. The molecule has 4 rings (SSSR count). The van der Waals surface area contributed by atoms with Crippen molar-refractivity contribution in [2.45, 2.75) is 18.8 Å². The van der Waals surface area contributed by atoms with E-state index >= 15 is 0 Å². The Morgan fingerprint density at radius 1 is 0.818 bits per heavy atom. The lowest BCUT2D eigenvalue weighted by Crippen LogP contribution is -2.40. The molecule has 1 aliphatic carbocycles. The Morgan fingerprint density at radius 2 is 1.33 bits per heavy atom. The van der Waals surface area contributed by atoms with Gasteiger partial charge in [0.05, 0.1) is 19.3 Å². The van der Waals surface area contributed by atoms with Crippen LogP contribution in [0.15, 0.2) is 108 Å². The molecule has 0 saturated carbocycles. The summed E-state index contributed by atoms with van der Waals surface area (Å²) in [5.74, 6) is -0.995. The molecule has 0 radical (unpaired) electrons. The van der Waals surface area contributed by atoms with Crippen molar-refractivity contribution in [3.63, 3.8) is 0 Å². The van der Waals surface area contributed by atoms with E-state index in [0.717, 1.165) is 22.3 Å². The summed E-state index contributed by atoms with van der Waals surface area (Å²) in [6.45, 7) is 1.97. The first-order valence-electron chi connectivity index (χ1n) is 11.0. The van der Waals surface area contributed by atoms with Gasteiger partial charge in [-0.15, -0.1) is 0 Å². The summed E-state index contributed by atoms with van der Waals surface area (Å²) < 4.78 is 10.7. The van der Waals surface area contributed by atoms with Gasteiger partial charge in [-0.2, -0.15) is 0 Å². The van der Waals surface area contributed by atoms with E-state index in [9.17, 15) is 9.59 Å². The number of ether oxygens (including phenoxy) is 2. The standard InChI is InChI=1S/C29H26O4/c1-3-33-27(30)25-19-23(20-29(25,28(31)32-2)24-17-11-6-12-18-24)26(21-13-7-4-8-14-21)22-15-9-5-10-16-22/h4-19H,3,20H2,1-2H3. The van der Waals surface area contributed by atoms with E-state index in [0.29, 0.717) is 11.1 Å². The predicted octanol–water partition coefficient (Wildman–Crippen LogP) is 5.49. The van der Waals surface area contributed by atoms with Crippen LogP contribution in [0.3, 0.4) is 0 Å². The lowest BCUT2D eigenvalue weighted by atomic mass is 9.73. The van der Waals surface area contributed by atoms with Gasteiger partial charge in [0.15, 0.2) is 0 Å². The topological polar surface area (TPSA) is 52.6 Å². The highest BCUT2D eigenvalue weighted by Crippen LogP contribution is 2.48. The van der Waals surface area contributed by atoms with Crippen LogP contribution >= 0.6 is 0 Å². The fourth-order valence-electron chi connectivity index (χ4n) is 4.53. The second kappa shape index (κ2) is 9.70. The Hall–Kier alpha value is -3.92. The summed E-state index contributed by atoms with van der Waals surface area (Å²) in [6, 6.07) is 29.3. The fourth-order valence-corrected chi connectivity index (χ4v) is 4.53. The number of allylic oxidation sites excluding steroid dienone is 2. The fraction of sp³-hybridized carbons (Fsp3) is 0.172. The second-order valence-corrected chi connectivity index (χ2v) is 7.85. The third-order valence-electron chi connectivity index (χ3n) is 5.98. The molecule has 0 heterocycles. The molecule has 0 bridgehead atoms. The largest absolute Gasteiger partial charge is 0.468 e. The van der Waals surface area contributed by atoms with E-state index in [1.54, 1.807) is 6.92 Å². The van der Waals surface area contributed by atoms with Gasteiger partial charge in [0.2, 0.25) is 0 Å². The quantitative estimate of drug-likeness (QED) is 0.478. The van der Waals surface area contributed by atoms with Gasteiger partial charge in [-0.25, -0.2) is 4.79 Å². The average molecular weight is 439 g/mol. The molecule has 4 nitrogen and oxygen atoms in total. The van der Waals surface area contributed by atoms with E-state index in [2.05, 4.69) is 0 Å². The van der Waals surface area contributed by atoms with Crippen molar-refractivity contribution in [1.29, 1.82) is 0 Å². The van der Waals surface area contributed by atoms with Crippen LogP contribution in [0.1, 0.15) is 30.0 Å². The molecule has 33 heavy (non-hydrogen) atoms. The van der Waals surface area contributed by atoms with Gasteiger partial charge < -0.3 is 9.47 Å². The highest BCUT2D eigenvalue weighted by atomic mass is 16.5. The van der Waals surface area contributed by atoms with Crippen LogP contribution in [-0.2, 0) is 24.5 Å². The SMILES string of the molecule is CCOC(=O)C1=CC(=C(c2ccccc2)c2ccccc2)CC1(C(=O)OC)c1ccccc1. The number of carbonyl (C=O) groups is 2. The Labute approximate surface area is 194 Å². The normalized spacial score (nSPS) is 17.3. The van der Waals surface area contributed by atoms with Gasteiger partial charge >= 0.3 is 11.9 Å². The lowest BCUT2D eigenvalue weighted by molar-refractivity contribution is -0.149. The Kier molecular flexibility index (Phi) is 6.55. The van der Waals surface area contributed by atoms with Gasteiger partial charge in [0.1, 0.15) is 5.41 Å². The third kappa shape index (κ3) is 4.12. The van der Waals surface area contributed by atoms with E-state index < -0.39 is 17.4 Å². The first-order chi connectivity index (χ1) is 16.1. The number of methoxy groups -OCH3 is 1. The van der Waals surface area contributed by atoms with E-state index in [-0.39, 0.29) is 13.0 Å². The van der Waals surface area contributed by atoms with Crippen LogP contribution in [0.4, 0.5) is 0 Å². The van der Waals surface area contributed by atoms with E-state index in [1.807, 2.05) is 97.1 Å². The molecule has 3 aromatic carbocycles. The maximum atomic E-state index is 13.4. The number of benzene rings is 3. The minimum atomic E-state index is -1.29. The Balaban J connectivity index is 2.02. The first kappa shape index (κ1) is 22.3. The van der Waals surface area contributed by atoms with Crippen molar-refractivity contribution in [3.05, 3.63) is 125 Å². The van der Waals surface area contributed by atoms with Gasteiger partial charge in [0.25, 0.3) is 0 Å². The van der Waals surface area contributed by atoms with Crippen LogP contribution in [-0.4, -0.2) is 25.7 Å². The maximum Gasteiger partial charge on any atom is 0.335 e. The molecule has 1 atom stereocenters. The summed E-state index contributed by atoms with van der Waals surface area (Å²) in [5.41, 5.74) is 3.57. The number of hydrogen-bond donors (Lipinski definition) is 0. The van der Waals surface area contributed by atoms with Gasteiger partial charge in [-0.05, 0) is 47.3 Å². The zero-order valence-electron chi connectivity index (χ0n) is 18.8. The molecule has 0 aromatic heterocycles. The molecular formula is C29H26O4. The van der Waals surface area contributed by atoms with Crippen molar-refractivity contribution >= 4 is 17.5 Å². The molecule has 0 fully saturated rings. The first-order valence-corrected chi connectivity index (χ1v) is 11.0. The van der Waals surface area contributed by atoms with Crippen molar-refractivity contribution in [2.24, 2.45) is 0 Å². The molecule has 1 unspecified atom stereocenters. The summed E-state index contributed by atoms with van der Waals surface area (Å²) in [6.07, 6.45) is 2.11. The molecule has 0 spiro atoms. The van der Waals surface area contributed by atoms with Crippen molar-refractivity contribution in [2.75, 3.05) is 13.7 Å². The van der Waals surface area contributed by atoms with E-state index in [4.69, 9.17) is 9.47 Å². The lowest BCUT2D eigenvalue weighted by Gasteiger charge is -2.29. The van der Waals surface area contributed by atoms with Crippen molar-refractivity contribution < 1.29 is 19.1 Å². The van der Waals surface area contributed by atoms with Crippen LogP contribution in [0, 0.1) is 0 Å². The summed E-state index contributed by atoms with van der Waals surface area (Å²) in [7, 11) is 1.35. The summed E-state index contributed by atoms with van der Waals surface area (Å²) >= 11 is 0.